The van der Waals surface area contributed by atoms with E-state index in [1.807, 2.05) is 31.2 Å². The van der Waals surface area contributed by atoms with Crippen LogP contribution in [-0.2, 0) is 4.74 Å². The normalized spacial score (nSPS) is 15.6. The van der Waals surface area contributed by atoms with E-state index < -0.39 is 11.5 Å². The average Bonchev–Trinajstić information content (AvgIpc) is 2.87. The molecule has 2 aliphatic rings. The molecule has 34 heavy (non-hydrogen) atoms. The van der Waals surface area contributed by atoms with Gasteiger partial charge in [0, 0.05) is 37.2 Å². The molecule has 1 aromatic carbocycles. The number of aromatic nitrogens is 2. The Balaban J connectivity index is 1.36. The van der Waals surface area contributed by atoms with Crippen molar-refractivity contribution in [2.24, 2.45) is 0 Å². The molecule has 0 atom stereocenters. The van der Waals surface area contributed by atoms with E-state index in [9.17, 15) is 9.59 Å². The summed E-state index contributed by atoms with van der Waals surface area (Å²) >= 11 is 0. The predicted molar refractivity (Wildman–Crippen MR) is 130 cm³/mol. The van der Waals surface area contributed by atoms with Gasteiger partial charge in [-0.25, -0.2) is 4.98 Å². The highest BCUT2D eigenvalue weighted by Crippen LogP contribution is 2.34. The van der Waals surface area contributed by atoms with E-state index in [-0.39, 0.29) is 5.56 Å². The van der Waals surface area contributed by atoms with Gasteiger partial charge in [-0.05, 0) is 49.4 Å². The summed E-state index contributed by atoms with van der Waals surface area (Å²) in [4.78, 5) is 32.7. The smallest absolute Gasteiger partial charge is 0.263 e. The van der Waals surface area contributed by atoms with Crippen molar-refractivity contribution in [3.8, 4) is 5.88 Å². The van der Waals surface area contributed by atoms with Crippen LogP contribution in [0.2, 0.25) is 0 Å². The Hall–Kier alpha value is -3.85. The number of aromatic amines is 1. The van der Waals surface area contributed by atoms with Gasteiger partial charge < -0.3 is 30.4 Å². The summed E-state index contributed by atoms with van der Waals surface area (Å²) in [5.41, 5.74) is 4.14. The molecule has 9 nitrogen and oxygen atoms in total. The Labute approximate surface area is 196 Å². The van der Waals surface area contributed by atoms with E-state index >= 15 is 0 Å². The molecule has 4 N–H and O–H groups in total. The number of anilines is 4. The summed E-state index contributed by atoms with van der Waals surface area (Å²) in [7, 11) is 0. The number of hydrogen-bond donors (Lipinski definition) is 4. The van der Waals surface area contributed by atoms with Gasteiger partial charge in [-0.2, -0.15) is 0 Å². The van der Waals surface area contributed by atoms with Crippen LogP contribution in [0.3, 0.4) is 0 Å². The Bertz CT molecular complexity index is 1250. The summed E-state index contributed by atoms with van der Waals surface area (Å²) in [6, 6.07) is 9.45. The minimum absolute atomic E-state index is 0.00247. The standard InChI is InChI=1S/C25H27N5O4/c1-15-20(14-28-25-22(15)26-10-13-34-25)30-19-6-9-27-23(31)21(19)24(32)29-18-4-2-16(3-5-18)17-7-11-33-12-8-17/h2-6,9,14,17,26H,7-8,10-13H2,1H3,(H,29,32)(H2,27,30,31). The summed E-state index contributed by atoms with van der Waals surface area (Å²) in [5.74, 6) is 0.523. The molecule has 0 bridgehead atoms. The molecular formula is C25H27N5O4. The highest BCUT2D eigenvalue weighted by Gasteiger charge is 2.21. The maximum Gasteiger partial charge on any atom is 0.263 e. The van der Waals surface area contributed by atoms with Crippen molar-refractivity contribution < 1.29 is 14.3 Å². The first kappa shape index (κ1) is 22.0. The van der Waals surface area contributed by atoms with Crippen LogP contribution in [0.4, 0.5) is 22.7 Å². The third-order valence-corrected chi connectivity index (χ3v) is 6.26. The minimum Gasteiger partial charge on any atom is -0.474 e. The third-order valence-electron chi connectivity index (χ3n) is 6.26. The van der Waals surface area contributed by atoms with Gasteiger partial charge in [-0.15, -0.1) is 0 Å². The van der Waals surface area contributed by atoms with E-state index in [4.69, 9.17) is 9.47 Å². The summed E-state index contributed by atoms with van der Waals surface area (Å²) in [6.45, 7) is 4.72. The zero-order chi connectivity index (χ0) is 23.5. The Morgan fingerprint density at radius 2 is 1.88 bits per heavy atom. The van der Waals surface area contributed by atoms with Crippen LogP contribution in [0.15, 0.2) is 47.5 Å². The molecule has 2 aromatic heterocycles. The number of nitrogens with zero attached hydrogens (tertiary/aromatic N) is 1. The molecule has 1 saturated heterocycles. The van der Waals surface area contributed by atoms with Gasteiger partial charge in [0.05, 0.1) is 17.6 Å². The lowest BCUT2D eigenvalue weighted by Gasteiger charge is -2.22. The van der Waals surface area contributed by atoms with Gasteiger partial charge in [0.15, 0.2) is 0 Å². The molecule has 1 amide bonds. The summed E-state index contributed by atoms with van der Waals surface area (Å²) in [6.07, 6.45) is 5.14. The maximum absolute atomic E-state index is 13.1. The van der Waals surface area contributed by atoms with Crippen LogP contribution in [-0.4, -0.2) is 42.2 Å². The van der Waals surface area contributed by atoms with Crippen LogP contribution >= 0.6 is 0 Å². The first-order chi connectivity index (χ1) is 16.6. The van der Waals surface area contributed by atoms with Crippen LogP contribution in [0, 0.1) is 6.92 Å². The number of pyridine rings is 2. The first-order valence-corrected chi connectivity index (χ1v) is 11.4. The van der Waals surface area contributed by atoms with Crippen molar-refractivity contribution in [1.82, 2.24) is 9.97 Å². The topological polar surface area (TPSA) is 117 Å². The summed E-state index contributed by atoms with van der Waals surface area (Å²) in [5, 5.41) is 9.33. The molecule has 176 valence electrons. The highest BCUT2D eigenvalue weighted by molar-refractivity contribution is 6.08. The number of H-pyrrole nitrogens is 1. The number of amides is 1. The van der Waals surface area contributed by atoms with E-state index in [0.29, 0.717) is 42.0 Å². The molecule has 5 rings (SSSR count). The van der Waals surface area contributed by atoms with E-state index in [0.717, 1.165) is 37.3 Å². The zero-order valence-corrected chi connectivity index (χ0v) is 18.9. The SMILES string of the molecule is Cc1c(Nc2cc[nH]c(=O)c2C(=O)Nc2ccc(C3CCOCC3)cc2)cnc2c1NCCO2. The van der Waals surface area contributed by atoms with Crippen molar-refractivity contribution in [3.63, 3.8) is 0 Å². The lowest BCUT2D eigenvalue weighted by atomic mass is 9.92. The van der Waals surface area contributed by atoms with Gasteiger partial charge in [0.1, 0.15) is 17.9 Å². The molecule has 0 unspecified atom stereocenters. The Kier molecular flexibility index (Phi) is 6.18. The molecule has 9 heteroatoms. The van der Waals surface area contributed by atoms with Gasteiger partial charge in [-0.3, -0.25) is 9.59 Å². The number of ether oxygens (including phenoxy) is 2. The van der Waals surface area contributed by atoms with Crippen molar-refractivity contribution in [2.45, 2.75) is 25.7 Å². The first-order valence-electron chi connectivity index (χ1n) is 11.4. The molecule has 0 spiro atoms. The van der Waals surface area contributed by atoms with Gasteiger partial charge >= 0.3 is 0 Å². The Morgan fingerprint density at radius 1 is 1.09 bits per heavy atom. The van der Waals surface area contributed by atoms with Crippen LogP contribution in [0.5, 0.6) is 5.88 Å². The highest BCUT2D eigenvalue weighted by atomic mass is 16.5. The molecule has 1 fully saturated rings. The number of carbonyl (C=O) groups is 1. The molecule has 4 heterocycles. The second-order valence-electron chi connectivity index (χ2n) is 8.44. The van der Waals surface area contributed by atoms with Crippen molar-refractivity contribution in [2.75, 3.05) is 42.3 Å². The van der Waals surface area contributed by atoms with Crippen LogP contribution in [0.25, 0.3) is 0 Å². The molecule has 3 aromatic rings. The summed E-state index contributed by atoms with van der Waals surface area (Å²) < 4.78 is 11.0. The van der Waals surface area contributed by atoms with Gasteiger partial charge in [-0.1, -0.05) is 12.1 Å². The van der Waals surface area contributed by atoms with Gasteiger partial charge in [0.2, 0.25) is 5.88 Å². The molecule has 0 radical (unpaired) electrons. The molecule has 0 aliphatic carbocycles. The fourth-order valence-corrected chi connectivity index (χ4v) is 4.36. The predicted octanol–water partition coefficient (Wildman–Crippen LogP) is 3.77. The van der Waals surface area contributed by atoms with E-state index in [1.165, 1.54) is 11.8 Å². The lowest BCUT2D eigenvalue weighted by Crippen LogP contribution is -2.25. The van der Waals surface area contributed by atoms with Crippen molar-refractivity contribution in [3.05, 3.63) is 69.8 Å². The third kappa shape index (κ3) is 4.47. The van der Waals surface area contributed by atoms with Crippen LogP contribution in [0.1, 0.15) is 40.2 Å². The fraction of sp³-hybridized carbons (Fsp3) is 0.320. The van der Waals surface area contributed by atoms with Crippen molar-refractivity contribution >= 4 is 28.7 Å². The number of rotatable bonds is 5. The quantitative estimate of drug-likeness (QED) is 0.457. The number of nitrogens with one attached hydrogen (secondary N) is 4. The molecular weight excluding hydrogens is 434 g/mol. The maximum atomic E-state index is 13.1. The second kappa shape index (κ2) is 9.56. The fourth-order valence-electron chi connectivity index (χ4n) is 4.36. The second-order valence-corrected chi connectivity index (χ2v) is 8.44. The minimum atomic E-state index is -0.492. The molecule has 2 aliphatic heterocycles. The largest absolute Gasteiger partial charge is 0.474 e. The van der Waals surface area contributed by atoms with Crippen LogP contribution < -0.4 is 26.2 Å². The average molecular weight is 462 g/mol. The number of benzene rings is 1. The number of carbonyl (C=O) groups excluding carboxylic acids is 1. The Morgan fingerprint density at radius 3 is 2.68 bits per heavy atom. The lowest BCUT2D eigenvalue weighted by molar-refractivity contribution is 0.0853. The van der Waals surface area contributed by atoms with Gasteiger partial charge in [0.25, 0.3) is 11.5 Å². The number of hydrogen-bond acceptors (Lipinski definition) is 7. The zero-order valence-electron chi connectivity index (χ0n) is 18.9. The van der Waals surface area contributed by atoms with E-state index in [1.54, 1.807) is 12.3 Å². The monoisotopic (exact) mass is 461 g/mol. The van der Waals surface area contributed by atoms with Crippen molar-refractivity contribution in [1.29, 1.82) is 0 Å². The number of fused-ring (bicyclic) bond motifs is 1. The molecule has 0 saturated carbocycles. The van der Waals surface area contributed by atoms with E-state index in [2.05, 4.69) is 25.9 Å².